The molecule has 102 valence electrons. The van der Waals surface area contributed by atoms with Crippen LogP contribution in [0, 0.1) is 0 Å². The summed E-state index contributed by atoms with van der Waals surface area (Å²) in [5.74, 6) is 0.649. The van der Waals surface area contributed by atoms with Gasteiger partial charge in [-0.05, 0) is 12.8 Å². The maximum Gasteiger partial charge on any atom is 0.114 e. The van der Waals surface area contributed by atoms with Crippen molar-refractivity contribution >= 4 is 16.3 Å². The van der Waals surface area contributed by atoms with Gasteiger partial charge in [-0.1, -0.05) is 20.8 Å². The minimum absolute atomic E-state index is 0.00755. The molecule has 0 unspecified atom stereocenters. The van der Waals surface area contributed by atoms with Gasteiger partial charge in [0.15, 0.2) is 0 Å². The van der Waals surface area contributed by atoms with Crippen LogP contribution in [0.3, 0.4) is 0 Å². The van der Waals surface area contributed by atoms with E-state index >= 15 is 0 Å². The Morgan fingerprint density at radius 2 is 2.05 bits per heavy atom. The zero-order chi connectivity index (χ0) is 13.8. The van der Waals surface area contributed by atoms with Gasteiger partial charge in [0.1, 0.15) is 10.7 Å². The number of nitrogens with two attached hydrogens (primary N) is 1. The third-order valence-electron chi connectivity index (χ3n) is 3.39. The third kappa shape index (κ3) is 2.27. The highest BCUT2D eigenvalue weighted by Gasteiger charge is 2.30. The lowest BCUT2D eigenvalue weighted by atomic mass is 9.89. The molecule has 2 heterocycles. The molecule has 1 fully saturated rings. The van der Waals surface area contributed by atoms with E-state index < -0.39 is 0 Å². The SMILES string of the molecule is Cn1cc(-c2nc(C3CC3)sc2N)c(C(C)(C)C)n1. The second-order valence-electron chi connectivity index (χ2n) is 6.35. The highest BCUT2D eigenvalue weighted by Crippen LogP contribution is 2.46. The summed E-state index contributed by atoms with van der Waals surface area (Å²) in [6.07, 6.45) is 4.54. The van der Waals surface area contributed by atoms with Gasteiger partial charge in [0, 0.05) is 30.1 Å². The van der Waals surface area contributed by atoms with Crippen LogP contribution in [0.2, 0.25) is 0 Å². The lowest BCUT2D eigenvalue weighted by Gasteiger charge is -2.16. The van der Waals surface area contributed by atoms with E-state index in [0.29, 0.717) is 5.92 Å². The summed E-state index contributed by atoms with van der Waals surface area (Å²) in [7, 11) is 1.95. The zero-order valence-electron chi connectivity index (χ0n) is 11.9. The first-order chi connectivity index (χ1) is 8.86. The molecule has 5 heteroatoms. The topological polar surface area (TPSA) is 56.7 Å². The molecule has 2 aromatic rings. The van der Waals surface area contributed by atoms with Gasteiger partial charge in [-0.25, -0.2) is 4.98 Å². The highest BCUT2D eigenvalue weighted by molar-refractivity contribution is 7.16. The van der Waals surface area contributed by atoms with Crippen LogP contribution in [-0.4, -0.2) is 14.8 Å². The monoisotopic (exact) mass is 276 g/mol. The van der Waals surface area contributed by atoms with Gasteiger partial charge >= 0.3 is 0 Å². The number of thiazole rings is 1. The molecular weight excluding hydrogens is 256 g/mol. The van der Waals surface area contributed by atoms with E-state index in [2.05, 4.69) is 25.9 Å². The van der Waals surface area contributed by atoms with Crippen LogP contribution in [0.25, 0.3) is 11.3 Å². The van der Waals surface area contributed by atoms with E-state index in [1.807, 2.05) is 17.9 Å². The number of hydrogen-bond acceptors (Lipinski definition) is 4. The average Bonchev–Trinajstić information content (AvgIpc) is 2.96. The Bertz CT molecular complexity index is 614. The molecule has 0 amide bonds. The van der Waals surface area contributed by atoms with Crippen molar-refractivity contribution in [3.8, 4) is 11.3 Å². The Hall–Kier alpha value is -1.36. The fraction of sp³-hybridized carbons (Fsp3) is 0.571. The van der Waals surface area contributed by atoms with Crippen molar-refractivity contribution in [2.75, 3.05) is 5.73 Å². The molecule has 2 aromatic heterocycles. The van der Waals surface area contributed by atoms with Gasteiger partial charge in [-0.15, -0.1) is 11.3 Å². The Labute approximate surface area is 117 Å². The van der Waals surface area contributed by atoms with Crippen molar-refractivity contribution in [3.05, 3.63) is 16.9 Å². The van der Waals surface area contributed by atoms with Crippen LogP contribution in [-0.2, 0) is 12.5 Å². The van der Waals surface area contributed by atoms with Gasteiger partial charge in [-0.3, -0.25) is 4.68 Å². The van der Waals surface area contributed by atoms with Crippen LogP contribution in [0.1, 0.15) is 50.2 Å². The molecule has 1 aliphatic carbocycles. The summed E-state index contributed by atoms with van der Waals surface area (Å²) in [6, 6.07) is 0. The molecule has 0 aliphatic heterocycles. The van der Waals surface area contributed by atoms with Crippen molar-refractivity contribution in [3.63, 3.8) is 0 Å². The predicted octanol–water partition coefficient (Wildman–Crippen LogP) is 3.30. The van der Waals surface area contributed by atoms with Crippen molar-refractivity contribution < 1.29 is 0 Å². The molecule has 0 atom stereocenters. The minimum Gasteiger partial charge on any atom is -0.389 e. The molecule has 4 nitrogen and oxygen atoms in total. The molecule has 0 spiro atoms. The van der Waals surface area contributed by atoms with Crippen LogP contribution < -0.4 is 5.73 Å². The summed E-state index contributed by atoms with van der Waals surface area (Å²) >= 11 is 1.64. The van der Waals surface area contributed by atoms with E-state index in [9.17, 15) is 0 Å². The van der Waals surface area contributed by atoms with Gasteiger partial charge in [0.25, 0.3) is 0 Å². The van der Waals surface area contributed by atoms with Crippen LogP contribution >= 0.6 is 11.3 Å². The van der Waals surface area contributed by atoms with Crippen molar-refractivity contribution in [1.29, 1.82) is 0 Å². The molecule has 2 N–H and O–H groups in total. The largest absolute Gasteiger partial charge is 0.389 e. The van der Waals surface area contributed by atoms with Crippen LogP contribution in [0.4, 0.5) is 5.00 Å². The zero-order valence-corrected chi connectivity index (χ0v) is 12.7. The molecule has 0 radical (unpaired) electrons. The number of aryl methyl sites for hydroxylation is 1. The second kappa shape index (κ2) is 4.07. The fourth-order valence-electron chi connectivity index (χ4n) is 2.26. The van der Waals surface area contributed by atoms with E-state index in [1.54, 1.807) is 11.3 Å². The Morgan fingerprint density at radius 3 is 2.63 bits per heavy atom. The number of aromatic nitrogens is 3. The van der Waals surface area contributed by atoms with Gasteiger partial charge < -0.3 is 5.73 Å². The minimum atomic E-state index is -0.00755. The smallest absolute Gasteiger partial charge is 0.114 e. The van der Waals surface area contributed by atoms with E-state index in [0.717, 1.165) is 22.0 Å². The fourth-order valence-corrected chi connectivity index (χ4v) is 3.28. The first kappa shape index (κ1) is 12.7. The van der Waals surface area contributed by atoms with E-state index in [1.165, 1.54) is 17.8 Å². The number of anilines is 1. The third-order valence-corrected chi connectivity index (χ3v) is 4.44. The molecular formula is C14H20N4S. The summed E-state index contributed by atoms with van der Waals surface area (Å²) < 4.78 is 1.85. The summed E-state index contributed by atoms with van der Waals surface area (Å²) in [5.41, 5.74) is 9.24. The predicted molar refractivity (Wildman–Crippen MR) is 79.4 cm³/mol. The van der Waals surface area contributed by atoms with Crippen molar-refractivity contribution in [2.24, 2.45) is 7.05 Å². The number of nitrogens with zero attached hydrogens (tertiary/aromatic N) is 3. The molecule has 1 saturated carbocycles. The first-order valence-electron chi connectivity index (χ1n) is 6.67. The Kier molecular flexibility index (Phi) is 2.71. The van der Waals surface area contributed by atoms with Crippen molar-refractivity contribution in [1.82, 2.24) is 14.8 Å². The highest BCUT2D eigenvalue weighted by atomic mass is 32.1. The molecule has 0 saturated heterocycles. The lowest BCUT2D eigenvalue weighted by Crippen LogP contribution is -2.14. The molecule has 0 bridgehead atoms. The van der Waals surface area contributed by atoms with Gasteiger partial charge in [0.05, 0.1) is 10.7 Å². The summed E-state index contributed by atoms with van der Waals surface area (Å²) in [5, 5.41) is 6.61. The van der Waals surface area contributed by atoms with E-state index in [-0.39, 0.29) is 5.41 Å². The first-order valence-corrected chi connectivity index (χ1v) is 7.48. The van der Waals surface area contributed by atoms with Gasteiger partial charge in [0.2, 0.25) is 0 Å². The average molecular weight is 276 g/mol. The van der Waals surface area contributed by atoms with Gasteiger partial charge in [-0.2, -0.15) is 5.10 Å². The van der Waals surface area contributed by atoms with Crippen LogP contribution in [0.5, 0.6) is 0 Å². The Balaban J connectivity index is 2.11. The van der Waals surface area contributed by atoms with E-state index in [4.69, 9.17) is 10.7 Å². The molecule has 1 aliphatic rings. The molecule has 3 rings (SSSR count). The summed E-state index contributed by atoms with van der Waals surface area (Å²) in [4.78, 5) is 4.77. The second-order valence-corrected chi connectivity index (χ2v) is 7.42. The lowest BCUT2D eigenvalue weighted by molar-refractivity contribution is 0.554. The Morgan fingerprint density at radius 1 is 1.37 bits per heavy atom. The molecule has 19 heavy (non-hydrogen) atoms. The maximum absolute atomic E-state index is 6.18. The summed E-state index contributed by atoms with van der Waals surface area (Å²) in [6.45, 7) is 6.51. The number of rotatable bonds is 2. The number of nitrogen functional groups attached to an aromatic ring is 1. The normalized spacial score (nSPS) is 16.0. The quantitative estimate of drug-likeness (QED) is 0.915. The number of hydrogen-bond donors (Lipinski definition) is 1. The standard InChI is InChI=1S/C14H20N4S/c1-14(2,3)11-9(7-18(4)17-11)10-12(15)19-13(16-10)8-5-6-8/h7-8H,5-6,15H2,1-4H3. The molecule has 0 aromatic carbocycles. The van der Waals surface area contributed by atoms with Crippen molar-refractivity contribution in [2.45, 2.75) is 44.9 Å². The van der Waals surface area contributed by atoms with Crippen LogP contribution in [0.15, 0.2) is 6.20 Å². The maximum atomic E-state index is 6.18.